The molecule has 0 bridgehead atoms. The smallest absolute Gasteiger partial charge is 0.150 e. The number of rotatable bonds is 0. The van der Waals surface area contributed by atoms with Gasteiger partial charge in [0.05, 0.1) is 16.6 Å². The van der Waals surface area contributed by atoms with E-state index in [1.54, 1.807) is 0 Å². The van der Waals surface area contributed by atoms with E-state index in [1.165, 1.54) is 0 Å². The molecule has 0 radical (unpaired) electrons. The molecule has 1 aliphatic heterocycles. The van der Waals surface area contributed by atoms with Crippen LogP contribution in [0.5, 0.6) is 0 Å². The summed E-state index contributed by atoms with van der Waals surface area (Å²) in [5, 5.41) is 0. The lowest BCUT2D eigenvalue weighted by atomic mass is 10.1. The van der Waals surface area contributed by atoms with Crippen LogP contribution in [0.4, 0.5) is 0 Å². The molecule has 1 aliphatic rings. The summed E-state index contributed by atoms with van der Waals surface area (Å²) in [6, 6.07) is 5.54. The van der Waals surface area contributed by atoms with E-state index in [2.05, 4.69) is 15.9 Å². The zero-order valence-electron chi connectivity index (χ0n) is 6.75. The second kappa shape index (κ2) is 3.35. The number of carbonyl (C=O) groups is 1. The minimum Gasteiger partial charge on any atom is -0.298 e. The molecular weight excluding hydrogens is 252 g/mol. The van der Waals surface area contributed by atoms with Gasteiger partial charge in [0.1, 0.15) is 5.78 Å². The first kappa shape index (κ1) is 9.09. The highest BCUT2D eigenvalue weighted by molar-refractivity contribution is 9.10. The number of benzene rings is 1. The average Bonchev–Trinajstić information content (AvgIpc) is 2.07. The number of hydrogen-bond acceptors (Lipinski definition) is 2. The average molecular weight is 259 g/mol. The third-order valence-electron chi connectivity index (χ3n) is 1.99. The third-order valence-corrected chi connectivity index (χ3v) is 4.19. The van der Waals surface area contributed by atoms with Gasteiger partial charge < -0.3 is 0 Å². The molecule has 4 heteroatoms. The molecule has 2 rings (SSSR count). The van der Waals surface area contributed by atoms with Crippen LogP contribution in [0, 0.1) is 0 Å². The van der Waals surface area contributed by atoms with E-state index in [1.807, 2.05) is 18.2 Å². The van der Waals surface area contributed by atoms with Gasteiger partial charge in [-0.05, 0) is 17.7 Å². The molecule has 0 aromatic heterocycles. The first-order valence-electron chi connectivity index (χ1n) is 3.86. The highest BCUT2D eigenvalue weighted by Gasteiger charge is 2.22. The van der Waals surface area contributed by atoms with Crippen molar-refractivity contribution in [3.05, 3.63) is 28.2 Å². The number of carbonyl (C=O) groups excluding carboxylic acids is 1. The van der Waals surface area contributed by atoms with Crippen LogP contribution in [0.3, 0.4) is 0 Å². The van der Waals surface area contributed by atoms with Gasteiger partial charge in [-0.2, -0.15) is 0 Å². The molecule has 1 aromatic carbocycles. The molecule has 1 aromatic rings. The van der Waals surface area contributed by atoms with E-state index in [0.29, 0.717) is 6.42 Å². The van der Waals surface area contributed by atoms with Crippen LogP contribution < -0.4 is 0 Å². The first-order valence-corrected chi connectivity index (χ1v) is 5.97. The summed E-state index contributed by atoms with van der Waals surface area (Å²) >= 11 is 3.35. The predicted octanol–water partition coefficient (Wildman–Crippen LogP) is 1.68. The maximum atomic E-state index is 11.5. The molecule has 0 saturated heterocycles. The summed E-state index contributed by atoms with van der Waals surface area (Å²) in [7, 11) is -1.14. The Labute approximate surface area is 86.9 Å². The minimum atomic E-state index is -1.14. The first-order chi connectivity index (χ1) is 6.18. The van der Waals surface area contributed by atoms with E-state index in [9.17, 15) is 9.00 Å². The third kappa shape index (κ3) is 1.60. The molecule has 0 amide bonds. The van der Waals surface area contributed by atoms with E-state index in [-0.39, 0.29) is 11.5 Å². The fourth-order valence-corrected chi connectivity index (χ4v) is 3.27. The Hall–Kier alpha value is -0.480. The standard InChI is InChI=1S/C9H7BrO2S/c10-8-2-1-3-9-7(8)4-6(11)5-13(9)12/h1-3H,4-5H2. The second-order valence-electron chi connectivity index (χ2n) is 2.92. The number of halogens is 1. The fourth-order valence-electron chi connectivity index (χ4n) is 1.40. The van der Waals surface area contributed by atoms with E-state index < -0.39 is 10.8 Å². The van der Waals surface area contributed by atoms with Crippen LogP contribution in [-0.4, -0.2) is 15.7 Å². The van der Waals surface area contributed by atoms with Crippen molar-refractivity contribution in [2.24, 2.45) is 0 Å². The number of fused-ring (bicyclic) bond motifs is 1. The molecule has 68 valence electrons. The van der Waals surface area contributed by atoms with Gasteiger partial charge >= 0.3 is 0 Å². The van der Waals surface area contributed by atoms with Crippen molar-refractivity contribution in [3.8, 4) is 0 Å². The van der Waals surface area contributed by atoms with Gasteiger partial charge in [0.15, 0.2) is 0 Å². The largest absolute Gasteiger partial charge is 0.298 e. The van der Waals surface area contributed by atoms with Crippen LogP contribution in [0.15, 0.2) is 27.6 Å². The van der Waals surface area contributed by atoms with Crippen molar-refractivity contribution < 1.29 is 9.00 Å². The van der Waals surface area contributed by atoms with Crippen molar-refractivity contribution >= 4 is 32.5 Å². The molecule has 1 heterocycles. The molecule has 0 N–H and O–H groups in total. The van der Waals surface area contributed by atoms with Gasteiger partial charge in [-0.1, -0.05) is 22.0 Å². The van der Waals surface area contributed by atoms with Gasteiger partial charge in [0.2, 0.25) is 0 Å². The topological polar surface area (TPSA) is 34.1 Å². The normalized spacial score (nSPS) is 21.3. The highest BCUT2D eigenvalue weighted by atomic mass is 79.9. The minimum absolute atomic E-state index is 0.0535. The molecule has 1 atom stereocenters. The lowest BCUT2D eigenvalue weighted by Gasteiger charge is -2.15. The maximum absolute atomic E-state index is 11.5. The Morgan fingerprint density at radius 1 is 1.38 bits per heavy atom. The second-order valence-corrected chi connectivity index (χ2v) is 5.20. The van der Waals surface area contributed by atoms with Crippen LogP contribution in [0.2, 0.25) is 0 Å². The lowest BCUT2D eigenvalue weighted by molar-refractivity contribution is -0.116. The van der Waals surface area contributed by atoms with Crippen molar-refractivity contribution in [1.82, 2.24) is 0 Å². The SMILES string of the molecule is O=C1Cc2c(Br)cccc2S(=O)C1. The van der Waals surface area contributed by atoms with Gasteiger partial charge in [0.25, 0.3) is 0 Å². The van der Waals surface area contributed by atoms with Crippen LogP contribution in [0.1, 0.15) is 5.56 Å². The molecule has 1 unspecified atom stereocenters. The Morgan fingerprint density at radius 2 is 2.15 bits per heavy atom. The van der Waals surface area contributed by atoms with E-state index >= 15 is 0 Å². The van der Waals surface area contributed by atoms with Crippen molar-refractivity contribution in [2.45, 2.75) is 11.3 Å². The lowest BCUT2D eigenvalue weighted by Crippen LogP contribution is -2.21. The summed E-state index contributed by atoms with van der Waals surface area (Å²) in [4.78, 5) is 12.0. The maximum Gasteiger partial charge on any atom is 0.150 e. The Kier molecular flexibility index (Phi) is 2.34. The van der Waals surface area contributed by atoms with Crippen molar-refractivity contribution in [3.63, 3.8) is 0 Å². The quantitative estimate of drug-likeness (QED) is 0.710. The van der Waals surface area contributed by atoms with Gasteiger partial charge in [0, 0.05) is 15.8 Å². The number of hydrogen-bond donors (Lipinski definition) is 0. The van der Waals surface area contributed by atoms with E-state index in [0.717, 1.165) is 14.9 Å². The Bertz CT molecular complexity index is 401. The van der Waals surface area contributed by atoms with Crippen LogP contribution >= 0.6 is 15.9 Å². The van der Waals surface area contributed by atoms with E-state index in [4.69, 9.17) is 0 Å². The van der Waals surface area contributed by atoms with Crippen LogP contribution in [0.25, 0.3) is 0 Å². The Morgan fingerprint density at radius 3 is 2.92 bits per heavy atom. The van der Waals surface area contributed by atoms with Gasteiger partial charge in [-0.25, -0.2) is 0 Å². The summed E-state index contributed by atoms with van der Waals surface area (Å²) in [5.41, 5.74) is 0.886. The summed E-state index contributed by atoms with van der Waals surface area (Å²) in [6.07, 6.45) is 0.405. The molecule has 0 aliphatic carbocycles. The molecular formula is C9H7BrO2S. The molecule has 0 fully saturated rings. The zero-order chi connectivity index (χ0) is 9.42. The highest BCUT2D eigenvalue weighted by Crippen LogP contribution is 2.27. The summed E-state index contributed by atoms with van der Waals surface area (Å²) in [5.74, 6) is 0.224. The summed E-state index contributed by atoms with van der Waals surface area (Å²) in [6.45, 7) is 0. The fraction of sp³-hybridized carbons (Fsp3) is 0.222. The molecule has 0 saturated carbocycles. The monoisotopic (exact) mass is 258 g/mol. The molecule has 13 heavy (non-hydrogen) atoms. The molecule has 2 nitrogen and oxygen atoms in total. The predicted molar refractivity (Wildman–Crippen MR) is 54.1 cm³/mol. The molecule has 0 spiro atoms. The van der Waals surface area contributed by atoms with Gasteiger partial charge in [-0.15, -0.1) is 0 Å². The van der Waals surface area contributed by atoms with Crippen LogP contribution in [-0.2, 0) is 22.0 Å². The van der Waals surface area contributed by atoms with Crippen molar-refractivity contribution in [1.29, 1.82) is 0 Å². The van der Waals surface area contributed by atoms with Crippen molar-refractivity contribution in [2.75, 3.05) is 5.75 Å². The number of Topliss-reactive ketones (excluding diaryl/α,β-unsaturated/α-hetero) is 1. The summed E-state index contributed by atoms with van der Waals surface area (Å²) < 4.78 is 12.4. The number of ketones is 1. The van der Waals surface area contributed by atoms with Gasteiger partial charge in [-0.3, -0.25) is 9.00 Å². The Balaban J connectivity index is 2.61. The zero-order valence-corrected chi connectivity index (χ0v) is 9.15.